The van der Waals surface area contributed by atoms with E-state index in [1.807, 2.05) is 37.4 Å². The van der Waals surface area contributed by atoms with Crippen LogP contribution in [0.25, 0.3) is 0 Å². The fourth-order valence-corrected chi connectivity index (χ4v) is 2.69. The summed E-state index contributed by atoms with van der Waals surface area (Å²) in [4.78, 5) is 14.0. The molecule has 2 N–H and O–H groups in total. The minimum Gasteiger partial charge on any atom is -0.508 e. The summed E-state index contributed by atoms with van der Waals surface area (Å²) in [5.41, 5.74) is 0.910. The molecule has 1 aromatic carbocycles. The third kappa shape index (κ3) is 3.30. The van der Waals surface area contributed by atoms with Gasteiger partial charge < -0.3 is 10.0 Å². The summed E-state index contributed by atoms with van der Waals surface area (Å²) in [6, 6.07) is 10.5. The Balaban J connectivity index is 2.12. The van der Waals surface area contributed by atoms with Gasteiger partial charge in [0.1, 0.15) is 5.75 Å². The lowest BCUT2D eigenvalue weighted by Gasteiger charge is -2.28. The number of hydrogen-bond acceptors (Lipinski definition) is 3. The van der Waals surface area contributed by atoms with Gasteiger partial charge in [0.25, 0.3) is 0 Å². The van der Waals surface area contributed by atoms with Crippen molar-refractivity contribution >= 4 is 22.4 Å². The van der Waals surface area contributed by atoms with E-state index in [1.54, 1.807) is 23.1 Å². The van der Waals surface area contributed by atoms with Crippen LogP contribution in [-0.2, 0) is 0 Å². The fraction of sp³-hybridized carbons (Fsp3) is 0.267. The average molecular weight is 290 g/mol. The largest absolute Gasteiger partial charge is 0.508 e. The second-order valence-electron chi connectivity index (χ2n) is 4.46. The summed E-state index contributed by atoms with van der Waals surface area (Å²) in [7, 11) is 0. The van der Waals surface area contributed by atoms with E-state index in [-0.39, 0.29) is 17.8 Å². The highest BCUT2D eigenvalue weighted by Crippen LogP contribution is 2.24. The van der Waals surface area contributed by atoms with Gasteiger partial charge in [0.2, 0.25) is 0 Å². The predicted octanol–water partition coefficient (Wildman–Crippen LogP) is 4.07. The maximum atomic E-state index is 12.3. The van der Waals surface area contributed by atoms with Gasteiger partial charge in [-0.2, -0.15) is 0 Å². The highest BCUT2D eigenvalue weighted by atomic mass is 32.1. The zero-order chi connectivity index (χ0) is 14.5. The lowest BCUT2D eigenvalue weighted by Crippen LogP contribution is -2.36. The van der Waals surface area contributed by atoms with Gasteiger partial charge in [-0.3, -0.25) is 5.32 Å². The first-order valence-electron chi connectivity index (χ1n) is 6.52. The molecule has 0 saturated carbocycles. The van der Waals surface area contributed by atoms with Gasteiger partial charge in [0, 0.05) is 6.54 Å². The van der Waals surface area contributed by atoms with Crippen LogP contribution in [0, 0.1) is 0 Å². The highest BCUT2D eigenvalue weighted by Gasteiger charge is 2.20. The third-order valence-electron chi connectivity index (χ3n) is 3.17. The molecule has 1 aromatic heterocycles. The van der Waals surface area contributed by atoms with E-state index in [2.05, 4.69) is 5.32 Å². The Kier molecular flexibility index (Phi) is 4.63. The van der Waals surface area contributed by atoms with Crippen LogP contribution in [-0.4, -0.2) is 22.6 Å². The number of anilines is 1. The van der Waals surface area contributed by atoms with Gasteiger partial charge in [-0.25, -0.2) is 4.79 Å². The molecule has 1 unspecified atom stereocenters. The van der Waals surface area contributed by atoms with Crippen LogP contribution in [0.3, 0.4) is 0 Å². The normalized spacial score (nSPS) is 11.9. The Morgan fingerprint density at radius 3 is 2.80 bits per heavy atom. The molecule has 106 valence electrons. The van der Waals surface area contributed by atoms with Gasteiger partial charge in [-0.05, 0) is 49.1 Å². The number of benzene rings is 1. The standard InChI is InChI=1S/C15H18N2O2S/c1-3-17(15(19)16-14-8-5-9-20-14)11(2)12-6-4-7-13(18)10-12/h4-11,18H,3H2,1-2H3,(H,16,19). The topological polar surface area (TPSA) is 52.6 Å². The second kappa shape index (κ2) is 6.43. The number of amides is 2. The molecule has 0 aliphatic carbocycles. The molecule has 0 aliphatic rings. The van der Waals surface area contributed by atoms with Crippen molar-refractivity contribution in [3.05, 3.63) is 47.3 Å². The number of hydrogen-bond donors (Lipinski definition) is 2. The summed E-state index contributed by atoms with van der Waals surface area (Å²) in [5, 5.41) is 15.2. The first-order valence-corrected chi connectivity index (χ1v) is 7.40. The van der Waals surface area contributed by atoms with Crippen molar-refractivity contribution in [3.63, 3.8) is 0 Å². The molecular weight excluding hydrogens is 272 g/mol. The van der Waals surface area contributed by atoms with Crippen LogP contribution in [0.5, 0.6) is 5.75 Å². The van der Waals surface area contributed by atoms with E-state index in [0.717, 1.165) is 10.6 Å². The number of carbonyl (C=O) groups is 1. The molecule has 0 fully saturated rings. The molecule has 0 saturated heterocycles. The van der Waals surface area contributed by atoms with Gasteiger partial charge in [0.05, 0.1) is 11.0 Å². The number of phenols is 1. The Morgan fingerprint density at radius 2 is 2.20 bits per heavy atom. The smallest absolute Gasteiger partial charge is 0.322 e. The number of aromatic hydroxyl groups is 1. The van der Waals surface area contributed by atoms with E-state index >= 15 is 0 Å². The minimum absolute atomic E-state index is 0.105. The van der Waals surface area contributed by atoms with Crippen LogP contribution in [0.15, 0.2) is 41.8 Å². The maximum absolute atomic E-state index is 12.3. The zero-order valence-corrected chi connectivity index (χ0v) is 12.4. The molecule has 2 amide bonds. The fourth-order valence-electron chi connectivity index (χ4n) is 2.08. The number of nitrogens with one attached hydrogen (secondary N) is 1. The van der Waals surface area contributed by atoms with Crippen LogP contribution < -0.4 is 5.32 Å². The molecule has 1 atom stereocenters. The molecule has 0 aliphatic heterocycles. The van der Waals surface area contributed by atoms with E-state index < -0.39 is 0 Å². The molecule has 0 spiro atoms. The Labute approximate surface area is 122 Å². The quantitative estimate of drug-likeness (QED) is 0.892. The van der Waals surface area contributed by atoms with E-state index in [4.69, 9.17) is 0 Å². The van der Waals surface area contributed by atoms with Crippen LogP contribution >= 0.6 is 11.3 Å². The van der Waals surface area contributed by atoms with Crippen LogP contribution in [0.4, 0.5) is 9.80 Å². The first kappa shape index (κ1) is 14.4. The van der Waals surface area contributed by atoms with E-state index in [1.165, 1.54) is 11.3 Å². The second-order valence-corrected chi connectivity index (χ2v) is 5.41. The number of phenolic OH excluding ortho intramolecular Hbond substituents is 1. The maximum Gasteiger partial charge on any atom is 0.322 e. The average Bonchev–Trinajstić information content (AvgIpc) is 2.92. The number of nitrogens with zero attached hydrogens (tertiary/aromatic N) is 1. The minimum atomic E-state index is -0.134. The molecular formula is C15H18N2O2S. The van der Waals surface area contributed by atoms with Crippen molar-refractivity contribution in [1.29, 1.82) is 0 Å². The van der Waals surface area contributed by atoms with Crippen molar-refractivity contribution in [2.24, 2.45) is 0 Å². The Bertz CT molecular complexity index is 569. The molecule has 0 bridgehead atoms. The van der Waals surface area contributed by atoms with E-state index in [0.29, 0.717) is 6.54 Å². The lowest BCUT2D eigenvalue weighted by molar-refractivity contribution is 0.197. The van der Waals surface area contributed by atoms with Crippen LogP contribution in [0.2, 0.25) is 0 Å². The Morgan fingerprint density at radius 1 is 1.40 bits per heavy atom. The van der Waals surface area contributed by atoms with Gasteiger partial charge in [0.15, 0.2) is 0 Å². The van der Waals surface area contributed by atoms with Crippen molar-refractivity contribution in [2.45, 2.75) is 19.9 Å². The summed E-state index contributed by atoms with van der Waals surface area (Å²) < 4.78 is 0. The van der Waals surface area contributed by atoms with Crippen molar-refractivity contribution in [2.75, 3.05) is 11.9 Å². The van der Waals surface area contributed by atoms with Crippen molar-refractivity contribution < 1.29 is 9.90 Å². The molecule has 2 rings (SSSR count). The van der Waals surface area contributed by atoms with Gasteiger partial charge in [-0.1, -0.05) is 12.1 Å². The number of urea groups is 1. The molecule has 1 heterocycles. The molecule has 2 aromatic rings. The zero-order valence-electron chi connectivity index (χ0n) is 11.5. The summed E-state index contributed by atoms with van der Waals surface area (Å²) in [6.07, 6.45) is 0. The molecule has 4 nitrogen and oxygen atoms in total. The van der Waals surface area contributed by atoms with Crippen molar-refractivity contribution in [1.82, 2.24) is 4.90 Å². The molecule has 20 heavy (non-hydrogen) atoms. The van der Waals surface area contributed by atoms with Gasteiger partial charge in [-0.15, -0.1) is 11.3 Å². The Hall–Kier alpha value is -2.01. The summed E-state index contributed by atoms with van der Waals surface area (Å²) in [6.45, 7) is 4.48. The number of carbonyl (C=O) groups excluding carboxylic acids is 1. The summed E-state index contributed by atoms with van der Waals surface area (Å²) >= 11 is 1.49. The molecule has 5 heteroatoms. The van der Waals surface area contributed by atoms with Crippen LogP contribution in [0.1, 0.15) is 25.5 Å². The molecule has 0 radical (unpaired) electrons. The number of thiophene rings is 1. The number of rotatable bonds is 4. The first-order chi connectivity index (χ1) is 9.61. The summed E-state index contributed by atoms with van der Waals surface area (Å²) in [5.74, 6) is 0.212. The predicted molar refractivity (Wildman–Crippen MR) is 82.2 cm³/mol. The van der Waals surface area contributed by atoms with E-state index in [9.17, 15) is 9.90 Å². The highest BCUT2D eigenvalue weighted by molar-refractivity contribution is 7.14. The van der Waals surface area contributed by atoms with Gasteiger partial charge >= 0.3 is 6.03 Å². The third-order valence-corrected chi connectivity index (χ3v) is 3.96. The lowest BCUT2D eigenvalue weighted by atomic mass is 10.1. The SMILES string of the molecule is CCN(C(=O)Nc1cccs1)C(C)c1cccc(O)c1. The monoisotopic (exact) mass is 290 g/mol. The van der Waals surface area contributed by atoms with Crippen molar-refractivity contribution in [3.8, 4) is 5.75 Å².